The lowest BCUT2D eigenvalue weighted by Gasteiger charge is -2.04. The van der Waals surface area contributed by atoms with Gasteiger partial charge in [0.05, 0.1) is 6.61 Å². The average Bonchev–Trinajstić information content (AvgIpc) is 2.29. The molecule has 0 aliphatic rings. The molecule has 0 aromatic heterocycles. The number of hydroxylamine groups is 1. The van der Waals surface area contributed by atoms with Crippen molar-refractivity contribution in [2.24, 2.45) is 0 Å². The molecule has 0 atom stereocenters. The molecule has 0 heterocycles. The van der Waals surface area contributed by atoms with Gasteiger partial charge >= 0.3 is 0 Å². The molecule has 82 valence electrons. The largest absolute Gasteiger partial charge is 0.355 e. The third kappa shape index (κ3) is 3.69. The summed E-state index contributed by atoms with van der Waals surface area (Å²) in [6.07, 6.45) is 0. The lowest BCUT2D eigenvalue weighted by Crippen LogP contribution is -2.18. The van der Waals surface area contributed by atoms with Crippen molar-refractivity contribution in [2.45, 2.75) is 13.5 Å². The summed E-state index contributed by atoms with van der Waals surface area (Å²) in [5.41, 5.74) is 4.56. The standard InChI is InChI=1S/C11H16N2O2/c1-3-15-13-8-9-4-6-10(7-5-9)11(14)12-2/h4-7,13H,3,8H2,1-2H3,(H,12,14). The Kier molecular flexibility index (Phi) is 4.80. The van der Waals surface area contributed by atoms with Crippen molar-refractivity contribution >= 4 is 5.91 Å². The molecule has 1 aromatic rings. The number of amides is 1. The van der Waals surface area contributed by atoms with Crippen LogP contribution in [0.2, 0.25) is 0 Å². The van der Waals surface area contributed by atoms with Gasteiger partial charge in [-0.3, -0.25) is 4.79 Å². The minimum Gasteiger partial charge on any atom is -0.355 e. The van der Waals surface area contributed by atoms with Crippen LogP contribution in [0.3, 0.4) is 0 Å². The monoisotopic (exact) mass is 208 g/mol. The minimum atomic E-state index is -0.0701. The van der Waals surface area contributed by atoms with Crippen LogP contribution >= 0.6 is 0 Å². The van der Waals surface area contributed by atoms with E-state index in [0.717, 1.165) is 5.56 Å². The van der Waals surface area contributed by atoms with E-state index in [4.69, 9.17) is 4.84 Å². The second-order valence-corrected chi connectivity index (χ2v) is 3.03. The summed E-state index contributed by atoms with van der Waals surface area (Å²) in [6, 6.07) is 7.39. The van der Waals surface area contributed by atoms with Gasteiger partial charge in [-0.25, -0.2) is 0 Å². The van der Waals surface area contributed by atoms with Crippen LogP contribution in [0.25, 0.3) is 0 Å². The van der Waals surface area contributed by atoms with Gasteiger partial charge in [0.25, 0.3) is 5.91 Å². The maximum Gasteiger partial charge on any atom is 0.251 e. The minimum absolute atomic E-state index is 0.0701. The highest BCUT2D eigenvalue weighted by atomic mass is 16.6. The molecule has 0 fully saturated rings. The smallest absolute Gasteiger partial charge is 0.251 e. The molecule has 1 amide bonds. The van der Waals surface area contributed by atoms with Crippen molar-refractivity contribution in [1.82, 2.24) is 10.8 Å². The zero-order valence-electron chi connectivity index (χ0n) is 9.04. The summed E-state index contributed by atoms with van der Waals surface area (Å²) in [5, 5.41) is 2.57. The van der Waals surface area contributed by atoms with Crippen molar-refractivity contribution < 1.29 is 9.63 Å². The molecule has 0 saturated carbocycles. The van der Waals surface area contributed by atoms with Crippen LogP contribution in [0.1, 0.15) is 22.8 Å². The van der Waals surface area contributed by atoms with E-state index in [2.05, 4.69) is 10.8 Å². The second-order valence-electron chi connectivity index (χ2n) is 3.03. The van der Waals surface area contributed by atoms with Gasteiger partial charge in [0.1, 0.15) is 0 Å². The fraction of sp³-hybridized carbons (Fsp3) is 0.364. The lowest BCUT2D eigenvalue weighted by atomic mass is 10.1. The van der Waals surface area contributed by atoms with Crippen molar-refractivity contribution in [3.8, 4) is 0 Å². The molecular weight excluding hydrogens is 192 g/mol. The number of rotatable bonds is 5. The molecule has 4 nitrogen and oxygen atoms in total. The molecule has 0 radical (unpaired) electrons. The fourth-order valence-electron chi connectivity index (χ4n) is 1.15. The topological polar surface area (TPSA) is 50.4 Å². The van der Waals surface area contributed by atoms with Crippen LogP contribution in [0, 0.1) is 0 Å². The Morgan fingerprint density at radius 2 is 2.00 bits per heavy atom. The molecule has 0 bridgehead atoms. The van der Waals surface area contributed by atoms with E-state index < -0.39 is 0 Å². The van der Waals surface area contributed by atoms with Gasteiger partial charge in [-0.05, 0) is 24.6 Å². The van der Waals surface area contributed by atoms with Crippen LogP contribution in [0.4, 0.5) is 0 Å². The van der Waals surface area contributed by atoms with Crippen molar-refractivity contribution in [1.29, 1.82) is 0 Å². The van der Waals surface area contributed by atoms with E-state index in [-0.39, 0.29) is 5.91 Å². The van der Waals surface area contributed by atoms with E-state index >= 15 is 0 Å². The number of nitrogens with one attached hydrogen (secondary N) is 2. The Morgan fingerprint density at radius 3 is 2.53 bits per heavy atom. The lowest BCUT2D eigenvalue weighted by molar-refractivity contribution is 0.0463. The predicted molar refractivity (Wildman–Crippen MR) is 58.3 cm³/mol. The molecule has 1 rings (SSSR count). The van der Waals surface area contributed by atoms with Gasteiger partial charge in [-0.15, -0.1) is 0 Å². The molecule has 0 spiro atoms. The van der Waals surface area contributed by atoms with Crippen LogP contribution in [-0.2, 0) is 11.4 Å². The van der Waals surface area contributed by atoms with E-state index in [1.54, 1.807) is 19.2 Å². The molecule has 0 saturated heterocycles. The van der Waals surface area contributed by atoms with E-state index in [1.807, 2.05) is 19.1 Å². The molecule has 0 aliphatic carbocycles. The first-order valence-corrected chi connectivity index (χ1v) is 4.93. The number of carbonyl (C=O) groups is 1. The molecular formula is C11H16N2O2. The van der Waals surface area contributed by atoms with Crippen LogP contribution in [0.15, 0.2) is 24.3 Å². The third-order valence-corrected chi connectivity index (χ3v) is 1.97. The van der Waals surface area contributed by atoms with Crippen LogP contribution < -0.4 is 10.8 Å². The summed E-state index contributed by atoms with van der Waals surface area (Å²) in [5.74, 6) is -0.0701. The van der Waals surface area contributed by atoms with Gasteiger partial charge in [-0.1, -0.05) is 12.1 Å². The van der Waals surface area contributed by atoms with Crippen molar-refractivity contribution in [3.05, 3.63) is 35.4 Å². The maximum atomic E-state index is 11.2. The Hall–Kier alpha value is -1.39. The predicted octanol–water partition coefficient (Wildman–Crippen LogP) is 1.09. The fourth-order valence-corrected chi connectivity index (χ4v) is 1.15. The zero-order chi connectivity index (χ0) is 11.1. The van der Waals surface area contributed by atoms with Gasteiger partial charge < -0.3 is 10.2 Å². The number of carbonyl (C=O) groups excluding carboxylic acids is 1. The summed E-state index contributed by atoms with van der Waals surface area (Å²) in [6.45, 7) is 3.19. The van der Waals surface area contributed by atoms with E-state index in [9.17, 15) is 4.79 Å². The van der Waals surface area contributed by atoms with Crippen LogP contribution in [0.5, 0.6) is 0 Å². The normalized spacial score (nSPS) is 10.0. The number of benzene rings is 1. The van der Waals surface area contributed by atoms with Crippen molar-refractivity contribution in [2.75, 3.05) is 13.7 Å². The Morgan fingerprint density at radius 1 is 1.33 bits per heavy atom. The van der Waals surface area contributed by atoms with Gasteiger partial charge in [0.15, 0.2) is 0 Å². The van der Waals surface area contributed by atoms with Gasteiger partial charge in [0.2, 0.25) is 0 Å². The maximum absolute atomic E-state index is 11.2. The SMILES string of the molecule is CCONCc1ccc(C(=O)NC)cc1. The molecule has 15 heavy (non-hydrogen) atoms. The molecule has 2 N–H and O–H groups in total. The highest BCUT2D eigenvalue weighted by molar-refractivity contribution is 5.93. The summed E-state index contributed by atoms with van der Waals surface area (Å²) < 4.78 is 0. The molecule has 0 aliphatic heterocycles. The Labute approximate surface area is 89.6 Å². The first-order chi connectivity index (χ1) is 7.27. The summed E-state index contributed by atoms with van der Waals surface area (Å²) in [7, 11) is 1.62. The van der Waals surface area contributed by atoms with Gasteiger partial charge in [-0.2, -0.15) is 5.48 Å². The molecule has 1 aromatic carbocycles. The number of hydrogen-bond donors (Lipinski definition) is 2. The Balaban J connectivity index is 2.52. The highest BCUT2D eigenvalue weighted by Gasteiger charge is 2.01. The van der Waals surface area contributed by atoms with E-state index in [0.29, 0.717) is 18.7 Å². The van der Waals surface area contributed by atoms with Crippen molar-refractivity contribution in [3.63, 3.8) is 0 Å². The summed E-state index contributed by atoms with van der Waals surface area (Å²) in [4.78, 5) is 16.2. The quantitative estimate of drug-likeness (QED) is 0.562. The highest BCUT2D eigenvalue weighted by Crippen LogP contribution is 2.03. The first kappa shape index (κ1) is 11.7. The van der Waals surface area contributed by atoms with Crippen LogP contribution in [-0.4, -0.2) is 19.6 Å². The summed E-state index contributed by atoms with van der Waals surface area (Å²) >= 11 is 0. The average molecular weight is 208 g/mol. The zero-order valence-corrected chi connectivity index (χ0v) is 9.04. The molecule has 0 unspecified atom stereocenters. The van der Waals surface area contributed by atoms with Gasteiger partial charge in [0, 0.05) is 19.2 Å². The first-order valence-electron chi connectivity index (χ1n) is 4.93. The Bertz CT molecular complexity index is 309. The second kappa shape index (κ2) is 6.16. The van der Waals surface area contributed by atoms with E-state index in [1.165, 1.54) is 0 Å². The molecule has 4 heteroatoms. The number of hydrogen-bond acceptors (Lipinski definition) is 3. The third-order valence-electron chi connectivity index (χ3n) is 1.97.